The van der Waals surface area contributed by atoms with E-state index >= 15 is 0 Å². The predicted octanol–water partition coefficient (Wildman–Crippen LogP) is 4.72. The molecule has 178 valence electrons. The number of carbonyl (C=O) groups excluding carboxylic acids is 1. The van der Waals surface area contributed by atoms with Crippen LogP contribution < -0.4 is 9.64 Å². The molecular weight excluding hydrogens is 464 g/mol. The van der Waals surface area contributed by atoms with E-state index in [1.807, 2.05) is 4.90 Å². The van der Waals surface area contributed by atoms with Crippen LogP contribution in [-0.4, -0.2) is 47.7 Å². The number of nitrogens with zero attached hydrogens (tertiary/aromatic N) is 3. The summed E-state index contributed by atoms with van der Waals surface area (Å²) in [5, 5.41) is 9.54. The fourth-order valence-electron chi connectivity index (χ4n) is 4.24. The first-order valence-corrected chi connectivity index (χ1v) is 11.3. The van der Waals surface area contributed by atoms with Gasteiger partial charge in [0.25, 0.3) is 0 Å². The molecule has 1 N–H and O–H groups in total. The molecule has 1 saturated heterocycles. The van der Waals surface area contributed by atoms with Crippen molar-refractivity contribution in [3.8, 4) is 17.1 Å². The Bertz CT molecular complexity index is 1210. The molecule has 6 nitrogen and oxygen atoms in total. The van der Waals surface area contributed by atoms with Gasteiger partial charge in [-0.05, 0) is 54.7 Å². The maximum absolute atomic E-state index is 14.5. The number of methoxy groups -OCH3 is 1. The molecule has 2 heterocycles. The number of carbonyl (C=O) groups is 1. The van der Waals surface area contributed by atoms with Gasteiger partial charge in [0, 0.05) is 38.0 Å². The minimum absolute atomic E-state index is 0.0186. The number of hydrogen-bond donors (Lipinski definition) is 1. The second-order valence-electron chi connectivity index (χ2n) is 8.21. The third-order valence-electron chi connectivity index (χ3n) is 5.95. The van der Waals surface area contributed by atoms with Crippen molar-refractivity contribution in [2.24, 2.45) is 5.92 Å². The lowest BCUT2D eigenvalue weighted by Gasteiger charge is -2.35. The minimum Gasteiger partial charge on any atom is -0.496 e. The van der Waals surface area contributed by atoms with Gasteiger partial charge >= 0.3 is 0 Å². The zero-order valence-corrected chi connectivity index (χ0v) is 19.4. The van der Waals surface area contributed by atoms with E-state index < -0.39 is 11.6 Å². The third-order valence-corrected chi connectivity index (χ3v) is 6.24. The first-order chi connectivity index (χ1) is 16.4. The number of Topliss-reactive ketones (excluding diaryl/α,β-unsaturated/α-hetero) is 1. The normalized spacial score (nSPS) is 15.9. The number of aromatic nitrogens is 2. The highest BCUT2D eigenvalue weighted by Crippen LogP contribution is 2.33. The van der Waals surface area contributed by atoms with E-state index in [0.717, 1.165) is 12.8 Å². The summed E-state index contributed by atoms with van der Waals surface area (Å²) >= 11 is 6.06. The number of aliphatic hydroxyl groups excluding tert-OH is 1. The Balaban J connectivity index is 1.65. The average Bonchev–Trinajstić information content (AvgIpc) is 2.86. The highest BCUT2D eigenvalue weighted by atomic mass is 35.5. The van der Waals surface area contributed by atoms with Crippen molar-refractivity contribution >= 4 is 23.1 Å². The molecule has 0 saturated carbocycles. The smallest absolute Gasteiger partial charge is 0.185 e. The lowest BCUT2D eigenvalue weighted by Crippen LogP contribution is -2.37. The summed E-state index contributed by atoms with van der Waals surface area (Å²) in [5.41, 5.74) is 1.25. The number of anilines is 1. The molecule has 1 fully saturated rings. The van der Waals surface area contributed by atoms with Crippen molar-refractivity contribution in [3.63, 3.8) is 0 Å². The van der Waals surface area contributed by atoms with Gasteiger partial charge in [0.15, 0.2) is 11.6 Å². The summed E-state index contributed by atoms with van der Waals surface area (Å²) in [7, 11) is 1.41. The monoisotopic (exact) mass is 487 g/mol. The Kier molecular flexibility index (Phi) is 7.38. The molecular formula is C25H24ClF2N3O3. The van der Waals surface area contributed by atoms with Gasteiger partial charge < -0.3 is 14.7 Å². The number of aliphatic hydroxyl groups is 1. The van der Waals surface area contributed by atoms with Gasteiger partial charge in [0.1, 0.15) is 23.1 Å². The third kappa shape index (κ3) is 5.03. The SMILES string of the molecule is COc1cccc(F)c1-c1nccc(C(=O)Cc2cc(F)c(Cl)cc2N2CCC[C@H](CO)C2)n1. The molecule has 0 radical (unpaired) electrons. The molecule has 3 aromatic rings. The van der Waals surface area contributed by atoms with Crippen LogP contribution >= 0.6 is 11.6 Å². The van der Waals surface area contributed by atoms with Gasteiger partial charge in [0.05, 0.1) is 17.7 Å². The number of ketones is 1. The van der Waals surface area contributed by atoms with Crippen LogP contribution in [0.3, 0.4) is 0 Å². The van der Waals surface area contributed by atoms with Crippen molar-refractivity contribution in [1.82, 2.24) is 9.97 Å². The van der Waals surface area contributed by atoms with Crippen molar-refractivity contribution in [1.29, 1.82) is 0 Å². The molecule has 34 heavy (non-hydrogen) atoms. The number of hydrogen-bond acceptors (Lipinski definition) is 6. The number of ether oxygens (including phenoxy) is 1. The van der Waals surface area contributed by atoms with E-state index in [1.54, 1.807) is 6.07 Å². The van der Waals surface area contributed by atoms with Crippen LogP contribution in [0, 0.1) is 17.6 Å². The second-order valence-corrected chi connectivity index (χ2v) is 8.62. The van der Waals surface area contributed by atoms with Crippen molar-refractivity contribution in [2.75, 3.05) is 31.7 Å². The summed E-state index contributed by atoms with van der Waals surface area (Å²) in [5.74, 6) is -1.21. The zero-order chi connectivity index (χ0) is 24.2. The minimum atomic E-state index is -0.622. The lowest BCUT2D eigenvalue weighted by molar-refractivity contribution is 0.0988. The number of rotatable bonds is 7. The Labute approximate surface area is 201 Å². The van der Waals surface area contributed by atoms with Crippen LogP contribution in [-0.2, 0) is 6.42 Å². The fourth-order valence-corrected chi connectivity index (χ4v) is 4.39. The van der Waals surface area contributed by atoms with Gasteiger partial charge in [-0.25, -0.2) is 18.7 Å². The molecule has 0 amide bonds. The Morgan fingerprint density at radius 1 is 1.26 bits per heavy atom. The molecule has 2 aromatic carbocycles. The Morgan fingerprint density at radius 2 is 2.09 bits per heavy atom. The van der Waals surface area contributed by atoms with E-state index in [9.17, 15) is 18.7 Å². The maximum Gasteiger partial charge on any atom is 0.185 e. The van der Waals surface area contributed by atoms with Crippen LogP contribution in [0.25, 0.3) is 11.4 Å². The van der Waals surface area contributed by atoms with E-state index in [1.165, 1.54) is 43.6 Å². The lowest BCUT2D eigenvalue weighted by atomic mass is 9.96. The predicted molar refractivity (Wildman–Crippen MR) is 125 cm³/mol. The van der Waals surface area contributed by atoms with E-state index in [0.29, 0.717) is 24.3 Å². The first-order valence-electron chi connectivity index (χ1n) is 10.9. The molecule has 0 aliphatic carbocycles. The molecule has 0 spiro atoms. The highest BCUT2D eigenvalue weighted by molar-refractivity contribution is 6.31. The van der Waals surface area contributed by atoms with Gasteiger partial charge in [-0.15, -0.1) is 0 Å². The van der Waals surface area contributed by atoms with E-state index in [4.69, 9.17) is 16.3 Å². The van der Waals surface area contributed by atoms with Crippen molar-refractivity contribution in [3.05, 3.63) is 70.5 Å². The van der Waals surface area contributed by atoms with Crippen LogP contribution in [0.5, 0.6) is 5.75 Å². The molecule has 0 unspecified atom stereocenters. The summed E-state index contributed by atoms with van der Waals surface area (Å²) < 4.78 is 34.1. The maximum atomic E-state index is 14.5. The zero-order valence-electron chi connectivity index (χ0n) is 18.6. The average molecular weight is 488 g/mol. The largest absolute Gasteiger partial charge is 0.496 e. The molecule has 1 aliphatic heterocycles. The van der Waals surface area contributed by atoms with E-state index in [2.05, 4.69) is 9.97 Å². The van der Waals surface area contributed by atoms with Crippen LogP contribution in [0.2, 0.25) is 5.02 Å². The van der Waals surface area contributed by atoms with Crippen molar-refractivity contribution < 1.29 is 23.4 Å². The van der Waals surface area contributed by atoms with Crippen LogP contribution in [0.1, 0.15) is 28.9 Å². The number of benzene rings is 2. The topological polar surface area (TPSA) is 75.5 Å². The summed E-state index contributed by atoms with van der Waals surface area (Å²) in [4.78, 5) is 23.6. The number of piperidine rings is 1. The highest BCUT2D eigenvalue weighted by Gasteiger charge is 2.24. The molecule has 1 aromatic heterocycles. The van der Waals surface area contributed by atoms with Crippen molar-refractivity contribution in [2.45, 2.75) is 19.3 Å². The molecule has 4 rings (SSSR count). The standard InChI is InChI=1S/C25H24ClF2N3O3/c1-34-23-6-2-5-18(27)24(23)25-29-8-7-20(30-25)22(33)11-16-10-19(28)17(26)12-21(16)31-9-3-4-15(13-31)14-32/h2,5-8,10,12,15,32H,3-4,9,11,13-14H2,1H3/t15-/m0/s1. The number of halogens is 3. The summed E-state index contributed by atoms with van der Waals surface area (Å²) in [6.07, 6.45) is 3.02. The molecule has 9 heteroatoms. The molecule has 0 bridgehead atoms. The molecule has 1 atom stereocenters. The van der Waals surface area contributed by atoms with Crippen LogP contribution in [0.4, 0.5) is 14.5 Å². The summed E-state index contributed by atoms with van der Waals surface area (Å²) in [6.45, 7) is 1.36. The van der Waals surface area contributed by atoms with Gasteiger partial charge in [-0.1, -0.05) is 17.7 Å². The van der Waals surface area contributed by atoms with Crippen LogP contribution in [0.15, 0.2) is 42.6 Å². The fraction of sp³-hybridized carbons (Fsp3) is 0.320. The van der Waals surface area contributed by atoms with Gasteiger partial charge in [-0.2, -0.15) is 0 Å². The van der Waals surface area contributed by atoms with Gasteiger partial charge in [-0.3, -0.25) is 4.79 Å². The quantitative estimate of drug-likeness (QED) is 0.486. The summed E-state index contributed by atoms with van der Waals surface area (Å²) in [6, 6.07) is 8.57. The first kappa shape index (κ1) is 24.0. The Hall–Kier alpha value is -3.10. The second kappa shape index (κ2) is 10.4. The van der Waals surface area contributed by atoms with Gasteiger partial charge in [0.2, 0.25) is 0 Å². The van der Waals surface area contributed by atoms with E-state index in [-0.39, 0.29) is 52.6 Å². The Morgan fingerprint density at radius 3 is 2.85 bits per heavy atom. The molecule has 1 aliphatic rings.